The zero-order chi connectivity index (χ0) is 9.57. The third-order valence-corrected chi connectivity index (χ3v) is 3.29. The first-order chi connectivity index (χ1) is 6.27. The molecule has 0 aromatic heterocycles. The van der Waals surface area contributed by atoms with Crippen molar-refractivity contribution in [2.24, 2.45) is 0 Å². The first-order valence-electron chi connectivity index (χ1n) is 6.02. The maximum absolute atomic E-state index is 3.74. The van der Waals surface area contributed by atoms with Gasteiger partial charge in [-0.1, -0.05) is 39.0 Å². The fourth-order valence-corrected chi connectivity index (χ4v) is 2.25. The Balaban J connectivity index is 2.25. The lowest BCUT2D eigenvalue weighted by atomic mass is 9.92. The minimum atomic E-state index is 0.464. The lowest BCUT2D eigenvalue weighted by Gasteiger charge is -2.29. The van der Waals surface area contributed by atoms with Gasteiger partial charge in [0.2, 0.25) is 0 Å². The van der Waals surface area contributed by atoms with Crippen LogP contribution in [0.2, 0.25) is 0 Å². The molecule has 78 valence electrons. The van der Waals surface area contributed by atoms with Crippen molar-refractivity contribution in [2.45, 2.75) is 70.8 Å². The van der Waals surface area contributed by atoms with Crippen molar-refractivity contribution in [1.82, 2.24) is 5.32 Å². The fourth-order valence-electron chi connectivity index (χ4n) is 2.25. The standard InChI is InChI=1S/C12H25N/c1-3-4-11-13-12(2)9-7-5-6-8-10-12/h13H,3-11H2,1-2H3. The van der Waals surface area contributed by atoms with Gasteiger partial charge in [-0.3, -0.25) is 0 Å². The second-order valence-electron chi connectivity index (χ2n) is 4.76. The van der Waals surface area contributed by atoms with Gasteiger partial charge in [0.1, 0.15) is 0 Å². The largest absolute Gasteiger partial charge is 0.312 e. The van der Waals surface area contributed by atoms with E-state index in [9.17, 15) is 0 Å². The van der Waals surface area contributed by atoms with E-state index >= 15 is 0 Å². The van der Waals surface area contributed by atoms with Crippen LogP contribution in [0, 0.1) is 0 Å². The highest BCUT2D eigenvalue weighted by Crippen LogP contribution is 2.26. The normalized spacial score (nSPS) is 22.6. The van der Waals surface area contributed by atoms with E-state index in [-0.39, 0.29) is 0 Å². The lowest BCUT2D eigenvalue weighted by Crippen LogP contribution is -2.42. The topological polar surface area (TPSA) is 12.0 Å². The molecule has 0 aromatic carbocycles. The van der Waals surface area contributed by atoms with Crippen LogP contribution in [0.25, 0.3) is 0 Å². The monoisotopic (exact) mass is 183 g/mol. The summed E-state index contributed by atoms with van der Waals surface area (Å²) in [6, 6.07) is 0. The fraction of sp³-hybridized carbons (Fsp3) is 1.00. The Labute approximate surface area is 83.3 Å². The number of rotatable bonds is 4. The number of hydrogen-bond donors (Lipinski definition) is 1. The summed E-state index contributed by atoms with van der Waals surface area (Å²) >= 11 is 0. The third-order valence-electron chi connectivity index (χ3n) is 3.29. The van der Waals surface area contributed by atoms with E-state index in [0.29, 0.717) is 5.54 Å². The molecule has 0 bridgehead atoms. The second-order valence-corrected chi connectivity index (χ2v) is 4.76. The van der Waals surface area contributed by atoms with Gasteiger partial charge in [0.05, 0.1) is 0 Å². The summed E-state index contributed by atoms with van der Waals surface area (Å²) in [6.45, 7) is 5.89. The molecule has 1 aliphatic rings. The first-order valence-corrected chi connectivity index (χ1v) is 6.02. The smallest absolute Gasteiger partial charge is 0.0153 e. The predicted octanol–water partition coefficient (Wildman–Crippen LogP) is 3.49. The van der Waals surface area contributed by atoms with Gasteiger partial charge in [-0.2, -0.15) is 0 Å². The zero-order valence-electron chi connectivity index (χ0n) is 9.36. The van der Waals surface area contributed by atoms with E-state index in [0.717, 1.165) is 0 Å². The molecular weight excluding hydrogens is 158 g/mol. The Hall–Kier alpha value is -0.0400. The summed E-state index contributed by atoms with van der Waals surface area (Å²) in [7, 11) is 0. The number of nitrogens with one attached hydrogen (secondary N) is 1. The predicted molar refractivity (Wildman–Crippen MR) is 59.0 cm³/mol. The van der Waals surface area contributed by atoms with Crippen LogP contribution in [0.4, 0.5) is 0 Å². The van der Waals surface area contributed by atoms with Gasteiger partial charge >= 0.3 is 0 Å². The molecule has 0 unspecified atom stereocenters. The molecule has 0 amide bonds. The molecule has 0 aromatic rings. The molecule has 13 heavy (non-hydrogen) atoms. The molecule has 0 aliphatic heterocycles. The highest BCUT2D eigenvalue weighted by atomic mass is 15.0. The lowest BCUT2D eigenvalue weighted by molar-refractivity contribution is 0.312. The minimum absolute atomic E-state index is 0.464. The molecule has 1 N–H and O–H groups in total. The maximum Gasteiger partial charge on any atom is 0.0153 e. The van der Waals surface area contributed by atoms with Gasteiger partial charge in [-0.05, 0) is 32.7 Å². The Morgan fingerprint density at radius 3 is 2.23 bits per heavy atom. The SMILES string of the molecule is CCCCNC1(C)CCCCCC1. The van der Waals surface area contributed by atoms with Crippen molar-refractivity contribution in [1.29, 1.82) is 0 Å². The molecule has 1 aliphatic carbocycles. The van der Waals surface area contributed by atoms with Gasteiger partial charge in [0, 0.05) is 5.54 Å². The average molecular weight is 183 g/mol. The van der Waals surface area contributed by atoms with Crippen LogP contribution in [0.15, 0.2) is 0 Å². The van der Waals surface area contributed by atoms with Crippen LogP contribution in [-0.2, 0) is 0 Å². The molecule has 1 heteroatoms. The molecule has 0 saturated heterocycles. The van der Waals surface area contributed by atoms with Crippen LogP contribution in [0.3, 0.4) is 0 Å². The summed E-state index contributed by atoms with van der Waals surface area (Å²) in [5.74, 6) is 0. The molecule has 1 fully saturated rings. The van der Waals surface area contributed by atoms with Crippen molar-refractivity contribution in [3.63, 3.8) is 0 Å². The molecule has 0 radical (unpaired) electrons. The van der Waals surface area contributed by atoms with E-state index in [1.807, 2.05) is 0 Å². The highest BCUT2D eigenvalue weighted by molar-refractivity contribution is 4.84. The van der Waals surface area contributed by atoms with Gasteiger partial charge in [0.15, 0.2) is 0 Å². The Bertz CT molecular complexity index is 123. The van der Waals surface area contributed by atoms with Crippen molar-refractivity contribution < 1.29 is 0 Å². The quantitative estimate of drug-likeness (QED) is 0.519. The van der Waals surface area contributed by atoms with Crippen molar-refractivity contribution in [3.8, 4) is 0 Å². The van der Waals surface area contributed by atoms with Crippen molar-refractivity contribution >= 4 is 0 Å². The maximum atomic E-state index is 3.74. The van der Waals surface area contributed by atoms with Gasteiger partial charge in [-0.25, -0.2) is 0 Å². The summed E-state index contributed by atoms with van der Waals surface area (Å²) in [5, 5.41) is 3.74. The molecule has 0 spiro atoms. The van der Waals surface area contributed by atoms with Gasteiger partial charge in [0.25, 0.3) is 0 Å². The summed E-state index contributed by atoms with van der Waals surface area (Å²) in [5.41, 5.74) is 0.464. The van der Waals surface area contributed by atoms with Crippen LogP contribution < -0.4 is 5.32 Å². The van der Waals surface area contributed by atoms with Gasteiger partial charge < -0.3 is 5.32 Å². The molecule has 1 nitrogen and oxygen atoms in total. The summed E-state index contributed by atoms with van der Waals surface area (Å²) in [4.78, 5) is 0. The highest BCUT2D eigenvalue weighted by Gasteiger charge is 2.23. The molecular formula is C12H25N. The Kier molecular flexibility index (Phi) is 4.79. The van der Waals surface area contributed by atoms with Crippen molar-refractivity contribution in [3.05, 3.63) is 0 Å². The third kappa shape index (κ3) is 4.12. The van der Waals surface area contributed by atoms with Crippen LogP contribution in [0.1, 0.15) is 65.2 Å². The Morgan fingerprint density at radius 2 is 1.69 bits per heavy atom. The van der Waals surface area contributed by atoms with Crippen LogP contribution >= 0.6 is 0 Å². The van der Waals surface area contributed by atoms with E-state index in [1.165, 1.54) is 57.9 Å². The zero-order valence-corrected chi connectivity index (χ0v) is 9.36. The van der Waals surface area contributed by atoms with Crippen LogP contribution in [-0.4, -0.2) is 12.1 Å². The first kappa shape index (κ1) is 11.0. The van der Waals surface area contributed by atoms with Crippen LogP contribution in [0.5, 0.6) is 0 Å². The number of hydrogen-bond acceptors (Lipinski definition) is 1. The van der Waals surface area contributed by atoms with E-state index in [1.54, 1.807) is 0 Å². The van der Waals surface area contributed by atoms with E-state index in [2.05, 4.69) is 19.2 Å². The minimum Gasteiger partial charge on any atom is -0.312 e. The Morgan fingerprint density at radius 1 is 1.08 bits per heavy atom. The molecule has 1 saturated carbocycles. The van der Waals surface area contributed by atoms with E-state index in [4.69, 9.17) is 0 Å². The second kappa shape index (κ2) is 5.64. The van der Waals surface area contributed by atoms with E-state index < -0.39 is 0 Å². The molecule has 1 rings (SSSR count). The van der Waals surface area contributed by atoms with Gasteiger partial charge in [-0.15, -0.1) is 0 Å². The summed E-state index contributed by atoms with van der Waals surface area (Å²) in [6.07, 6.45) is 11.2. The number of unbranched alkanes of at least 4 members (excludes halogenated alkanes) is 1. The molecule has 0 heterocycles. The molecule has 0 atom stereocenters. The summed E-state index contributed by atoms with van der Waals surface area (Å²) < 4.78 is 0. The average Bonchev–Trinajstić information content (AvgIpc) is 2.31. The van der Waals surface area contributed by atoms with Crippen molar-refractivity contribution in [2.75, 3.05) is 6.54 Å².